The van der Waals surface area contributed by atoms with Crippen molar-refractivity contribution in [2.75, 3.05) is 5.73 Å². The van der Waals surface area contributed by atoms with Gasteiger partial charge >= 0.3 is 6.18 Å². The summed E-state index contributed by atoms with van der Waals surface area (Å²) in [5.41, 5.74) is 10.3. The minimum Gasteiger partial charge on any atom is -0.397 e. The minimum atomic E-state index is -4.63. The van der Waals surface area contributed by atoms with Gasteiger partial charge in [-0.2, -0.15) is 13.2 Å². The fourth-order valence-corrected chi connectivity index (χ4v) is 3.91. The predicted molar refractivity (Wildman–Crippen MR) is 127 cm³/mol. The summed E-state index contributed by atoms with van der Waals surface area (Å²) in [5.74, 6) is -1.21. The number of fused-ring (bicyclic) bond motifs is 1. The molecule has 3 aromatic heterocycles. The number of nitrogens with one attached hydrogen (secondary N) is 1. The molecule has 0 bridgehead atoms. The largest absolute Gasteiger partial charge is 0.417 e. The molecule has 184 valence electrons. The van der Waals surface area contributed by atoms with Crippen molar-refractivity contribution < 1.29 is 22.8 Å². The number of anilines is 1. The maximum atomic E-state index is 13.3. The number of nitrogens with zero attached hydrogens (tertiary/aromatic N) is 3. The lowest BCUT2D eigenvalue weighted by atomic mass is 9.87. The van der Waals surface area contributed by atoms with Crippen LogP contribution in [0.15, 0.2) is 67.1 Å². The topological polar surface area (TPSA) is 137 Å². The van der Waals surface area contributed by atoms with Gasteiger partial charge in [-0.1, -0.05) is 12.1 Å². The number of rotatable bonds is 6. The zero-order chi connectivity index (χ0) is 26.1. The number of alkyl halides is 3. The molecule has 8 nitrogen and oxygen atoms in total. The first-order valence-corrected chi connectivity index (χ1v) is 10.7. The number of aromatic nitrogens is 3. The van der Waals surface area contributed by atoms with Gasteiger partial charge in [0.25, 0.3) is 11.8 Å². The van der Waals surface area contributed by atoms with E-state index in [0.717, 1.165) is 11.5 Å². The summed E-state index contributed by atoms with van der Waals surface area (Å²) in [5, 5.41) is 3.61. The van der Waals surface area contributed by atoms with Crippen LogP contribution in [-0.2, 0) is 18.1 Å². The second kappa shape index (κ2) is 9.25. The van der Waals surface area contributed by atoms with Gasteiger partial charge in [0.1, 0.15) is 5.69 Å². The van der Waals surface area contributed by atoms with Crippen LogP contribution >= 0.6 is 0 Å². The Labute approximate surface area is 203 Å². The highest BCUT2D eigenvalue weighted by Gasteiger charge is 2.36. The third-order valence-electron chi connectivity index (χ3n) is 5.66. The lowest BCUT2D eigenvalue weighted by Crippen LogP contribution is -2.46. The van der Waals surface area contributed by atoms with Crippen molar-refractivity contribution in [1.82, 2.24) is 20.3 Å². The second-order valence-corrected chi connectivity index (χ2v) is 8.45. The number of primary amides is 1. The SMILES string of the molecule is CC(Cc1ccc(C(N)=O)nc1)(NC(=O)c1ccc2ncccc2c1)c1ncc(C(F)(F)F)cc1N. The number of nitrogens with two attached hydrogens (primary N) is 2. The van der Waals surface area contributed by atoms with Crippen molar-refractivity contribution >= 4 is 28.4 Å². The lowest BCUT2D eigenvalue weighted by molar-refractivity contribution is -0.137. The summed E-state index contributed by atoms with van der Waals surface area (Å²) in [4.78, 5) is 36.9. The van der Waals surface area contributed by atoms with Gasteiger partial charge in [-0.25, -0.2) is 0 Å². The quantitative estimate of drug-likeness (QED) is 0.375. The number of nitrogen functional groups attached to an aromatic ring is 1. The molecule has 0 saturated heterocycles. The minimum absolute atomic E-state index is 0.0430. The van der Waals surface area contributed by atoms with E-state index in [1.165, 1.54) is 12.3 Å². The first kappa shape index (κ1) is 24.6. The zero-order valence-electron chi connectivity index (χ0n) is 19.0. The molecule has 1 atom stereocenters. The Bertz CT molecular complexity index is 1460. The molecule has 0 fully saturated rings. The number of halogens is 3. The average Bonchev–Trinajstić information content (AvgIpc) is 2.83. The van der Waals surface area contributed by atoms with Gasteiger partial charge in [-0.05, 0) is 48.9 Å². The highest BCUT2D eigenvalue weighted by atomic mass is 19.4. The Hall–Kier alpha value is -4.54. The highest BCUT2D eigenvalue weighted by molar-refractivity contribution is 5.98. The number of amides is 2. The third kappa shape index (κ3) is 5.09. The molecule has 11 heteroatoms. The molecule has 0 saturated carbocycles. The molecule has 5 N–H and O–H groups in total. The van der Waals surface area contributed by atoms with E-state index in [2.05, 4.69) is 20.3 Å². The summed E-state index contributed by atoms with van der Waals surface area (Å²) in [6, 6.07) is 12.3. The van der Waals surface area contributed by atoms with Crippen LogP contribution in [0.1, 0.15) is 44.6 Å². The third-order valence-corrected chi connectivity index (χ3v) is 5.66. The van der Waals surface area contributed by atoms with Crippen molar-refractivity contribution in [3.63, 3.8) is 0 Å². The molecule has 0 aliphatic heterocycles. The predicted octanol–water partition coefficient (Wildman–Crippen LogP) is 3.61. The van der Waals surface area contributed by atoms with Gasteiger partial charge in [-0.3, -0.25) is 24.5 Å². The highest BCUT2D eigenvalue weighted by Crippen LogP contribution is 2.34. The van der Waals surface area contributed by atoms with E-state index in [4.69, 9.17) is 11.5 Å². The molecule has 3 heterocycles. The van der Waals surface area contributed by atoms with Gasteiger partial charge in [0.2, 0.25) is 0 Å². The molecule has 1 unspecified atom stereocenters. The van der Waals surface area contributed by atoms with Gasteiger partial charge in [-0.15, -0.1) is 0 Å². The van der Waals surface area contributed by atoms with Crippen molar-refractivity contribution in [1.29, 1.82) is 0 Å². The first-order chi connectivity index (χ1) is 17.0. The average molecular weight is 494 g/mol. The van der Waals surface area contributed by atoms with Crippen molar-refractivity contribution in [2.45, 2.75) is 25.1 Å². The molecule has 0 radical (unpaired) electrons. The fraction of sp³-hybridized carbons (Fsp3) is 0.160. The van der Waals surface area contributed by atoms with Crippen molar-refractivity contribution in [3.05, 3.63) is 95.2 Å². The zero-order valence-corrected chi connectivity index (χ0v) is 19.0. The van der Waals surface area contributed by atoms with Crippen LogP contribution in [0, 0.1) is 0 Å². The summed E-state index contributed by atoms with van der Waals surface area (Å²) >= 11 is 0. The molecular weight excluding hydrogens is 473 g/mol. The Morgan fingerprint density at radius 2 is 1.78 bits per heavy atom. The number of hydrogen-bond acceptors (Lipinski definition) is 6. The monoisotopic (exact) mass is 494 g/mol. The van der Waals surface area contributed by atoms with Gasteiger partial charge in [0, 0.05) is 36.0 Å². The molecule has 0 spiro atoms. The number of carbonyl (C=O) groups excluding carboxylic acids is 2. The summed E-state index contributed by atoms with van der Waals surface area (Å²) in [6.45, 7) is 1.60. The van der Waals surface area contributed by atoms with Crippen LogP contribution in [0.3, 0.4) is 0 Å². The van der Waals surface area contributed by atoms with E-state index < -0.39 is 29.1 Å². The molecule has 2 amide bonds. The van der Waals surface area contributed by atoms with Crippen LogP contribution in [0.4, 0.5) is 18.9 Å². The number of hydrogen-bond donors (Lipinski definition) is 3. The number of benzene rings is 1. The standard InChI is InChI=1S/C25H21F3N6O2/c1-24(11-14-4-6-20(22(30)35)32-12-14,21-18(29)10-17(13-33-21)25(26,27)28)34-23(36)16-5-7-19-15(9-16)3-2-8-31-19/h2-10,12-13H,11,29H2,1H3,(H2,30,35)(H,34,36). The van der Waals surface area contributed by atoms with Crippen LogP contribution < -0.4 is 16.8 Å². The van der Waals surface area contributed by atoms with E-state index in [-0.39, 0.29) is 23.5 Å². The lowest BCUT2D eigenvalue weighted by Gasteiger charge is -2.32. The van der Waals surface area contributed by atoms with E-state index in [0.29, 0.717) is 22.8 Å². The van der Waals surface area contributed by atoms with Crippen LogP contribution in [-0.4, -0.2) is 26.8 Å². The van der Waals surface area contributed by atoms with Crippen LogP contribution in [0.2, 0.25) is 0 Å². The molecule has 36 heavy (non-hydrogen) atoms. The van der Waals surface area contributed by atoms with Crippen molar-refractivity contribution in [2.24, 2.45) is 5.73 Å². The van der Waals surface area contributed by atoms with Gasteiger partial charge < -0.3 is 16.8 Å². The van der Waals surface area contributed by atoms with Crippen molar-refractivity contribution in [3.8, 4) is 0 Å². The van der Waals surface area contributed by atoms with E-state index in [9.17, 15) is 22.8 Å². The Morgan fingerprint density at radius 1 is 1.00 bits per heavy atom. The second-order valence-electron chi connectivity index (χ2n) is 8.45. The van der Waals surface area contributed by atoms with Gasteiger partial charge in [0.15, 0.2) is 0 Å². The fourth-order valence-electron chi connectivity index (χ4n) is 3.91. The molecular formula is C25H21F3N6O2. The Kier molecular flexibility index (Phi) is 6.32. The molecule has 0 aliphatic carbocycles. The van der Waals surface area contributed by atoms with E-state index in [1.807, 2.05) is 0 Å². The van der Waals surface area contributed by atoms with Gasteiger partial charge in [0.05, 0.1) is 28.0 Å². The van der Waals surface area contributed by atoms with Crippen LogP contribution in [0.5, 0.6) is 0 Å². The summed E-state index contributed by atoms with van der Waals surface area (Å²) in [6.07, 6.45) is -0.871. The Balaban J connectivity index is 1.73. The molecule has 4 rings (SSSR count). The maximum absolute atomic E-state index is 13.3. The molecule has 4 aromatic rings. The smallest absolute Gasteiger partial charge is 0.397 e. The molecule has 0 aliphatic rings. The summed E-state index contributed by atoms with van der Waals surface area (Å²) < 4.78 is 39.6. The maximum Gasteiger partial charge on any atom is 0.417 e. The first-order valence-electron chi connectivity index (χ1n) is 10.7. The number of pyridine rings is 3. The van der Waals surface area contributed by atoms with E-state index in [1.54, 1.807) is 49.5 Å². The normalized spacial score (nSPS) is 13.2. The van der Waals surface area contributed by atoms with E-state index >= 15 is 0 Å². The molecule has 1 aromatic carbocycles. The van der Waals surface area contributed by atoms with Crippen LogP contribution in [0.25, 0.3) is 10.9 Å². The number of carbonyl (C=O) groups is 2. The Morgan fingerprint density at radius 3 is 2.42 bits per heavy atom. The summed E-state index contributed by atoms with van der Waals surface area (Å²) in [7, 11) is 0.